The molecule has 0 radical (unpaired) electrons. The Hall–Kier alpha value is -1.38. The number of carbonyl (C=O) groups excluding carboxylic acids is 1. The number of carbonyl (C=O) groups is 1. The van der Waals surface area contributed by atoms with Crippen molar-refractivity contribution in [1.29, 1.82) is 0 Å². The highest BCUT2D eigenvalue weighted by Crippen LogP contribution is 2.07. The molecular weight excluding hydrogens is 366 g/mol. The maximum atomic E-state index is 10.0. The van der Waals surface area contributed by atoms with Crippen molar-refractivity contribution in [2.75, 3.05) is 0 Å². The summed E-state index contributed by atoms with van der Waals surface area (Å²) in [6, 6.07) is 0. The Morgan fingerprint density at radius 3 is 0.826 bits per heavy atom. The van der Waals surface area contributed by atoms with Crippen LogP contribution in [0.15, 0.2) is 0 Å². The van der Waals surface area contributed by atoms with Crippen molar-refractivity contribution in [3.05, 3.63) is 0 Å². The fourth-order valence-electron chi connectivity index (χ4n) is 0.302. The molecule has 0 aliphatic heterocycles. The van der Waals surface area contributed by atoms with Crippen molar-refractivity contribution in [3.8, 4) is 0 Å². The van der Waals surface area contributed by atoms with Gasteiger partial charge in [0.2, 0.25) is 0 Å². The van der Waals surface area contributed by atoms with E-state index in [1.807, 2.05) is 0 Å². The van der Waals surface area contributed by atoms with Crippen LogP contribution in [0.3, 0.4) is 0 Å². The van der Waals surface area contributed by atoms with Crippen molar-refractivity contribution in [1.82, 2.24) is 0 Å². The predicted molar refractivity (Wildman–Crippen MR) is 61.0 cm³/mol. The fourth-order valence-corrected chi connectivity index (χ4v) is 0.302. The third-order valence-corrected chi connectivity index (χ3v) is 0.407. The first-order chi connectivity index (χ1) is 9.42. The number of nitrogens with two attached hydrogens (primary N) is 1. The monoisotopic (exact) mass is 378 g/mol. The molecule has 0 atom stereocenters. The van der Waals surface area contributed by atoms with Gasteiger partial charge < -0.3 is 62.3 Å². The second-order valence-corrected chi connectivity index (χ2v) is 4.02. The Bertz CT molecular complexity index is 261. The van der Waals surface area contributed by atoms with Gasteiger partial charge in [0.25, 0.3) is 0 Å². The molecular formula is C5H11B3F12NO2-3. The molecule has 0 spiro atoms. The topological polar surface area (TPSA) is 52.3 Å². The van der Waals surface area contributed by atoms with Crippen LogP contribution in [0.4, 0.5) is 56.6 Å². The van der Waals surface area contributed by atoms with E-state index in [2.05, 4.69) is 4.74 Å². The van der Waals surface area contributed by atoms with E-state index in [1.54, 1.807) is 20.8 Å². The molecule has 144 valence electrons. The first-order valence-corrected chi connectivity index (χ1v) is 5.02. The largest absolute Gasteiger partial charge is 0.673 e. The van der Waals surface area contributed by atoms with Gasteiger partial charge in [-0.3, -0.25) is 0 Å². The van der Waals surface area contributed by atoms with Crippen LogP contribution in [0.1, 0.15) is 20.8 Å². The van der Waals surface area contributed by atoms with Crippen LogP contribution < -0.4 is 5.73 Å². The summed E-state index contributed by atoms with van der Waals surface area (Å²) < 4.78 is 122. The van der Waals surface area contributed by atoms with Crippen LogP contribution >= 0.6 is 0 Å². The number of rotatable bonds is 0. The molecule has 0 aromatic heterocycles. The average Bonchev–Trinajstić information content (AvgIpc) is 1.84. The predicted octanol–water partition coefficient (Wildman–Crippen LogP) is 4.78. The van der Waals surface area contributed by atoms with Crippen molar-refractivity contribution >= 4 is 27.9 Å². The second kappa shape index (κ2) is 11.2. The van der Waals surface area contributed by atoms with Gasteiger partial charge in [0.05, 0.1) is 0 Å². The fraction of sp³-hybridized carbons (Fsp3) is 0.800. The summed E-state index contributed by atoms with van der Waals surface area (Å²) in [5.41, 5.74) is 4.26. The Balaban J connectivity index is -0.000000108. The van der Waals surface area contributed by atoms with Crippen LogP contribution in [-0.4, -0.2) is 33.5 Å². The zero-order valence-electron chi connectivity index (χ0n) is 11.7. The Morgan fingerprint density at radius 1 is 0.696 bits per heavy atom. The number of hydrogen-bond donors (Lipinski definition) is 1. The van der Waals surface area contributed by atoms with Gasteiger partial charge in [0.15, 0.2) is 0 Å². The van der Waals surface area contributed by atoms with Crippen molar-refractivity contribution in [3.63, 3.8) is 0 Å². The van der Waals surface area contributed by atoms with E-state index < -0.39 is 33.5 Å². The van der Waals surface area contributed by atoms with E-state index in [0.29, 0.717) is 0 Å². The van der Waals surface area contributed by atoms with Gasteiger partial charge in [-0.2, -0.15) is 0 Å². The lowest BCUT2D eigenvalue weighted by Gasteiger charge is -2.16. The van der Waals surface area contributed by atoms with Crippen LogP contribution in [0.2, 0.25) is 0 Å². The van der Waals surface area contributed by atoms with Crippen molar-refractivity contribution in [2.24, 2.45) is 5.73 Å². The molecule has 0 unspecified atom stereocenters. The Morgan fingerprint density at radius 2 is 0.826 bits per heavy atom. The summed E-state index contributed by atoms with van der Waals surface area (Å²) in [5, 5.41) is 0. The van der Waals surface area contributed by atoms with E-state index in [0.717, 1.165) is 0 Å². The lowest BCUT2D eigenvalue weighted by molar-refractivity contribution is 0.0600. The van der Waals surface area contributed by atoms with Crippen LogP contribution in [0, 0.1) is 0 Å². The van der Waals surface area contributed by atoms with Gasteiger partial charge >= 0.3 is 27.9 Å². The summed E-state index contributed by atoms with van der Waals surface area (Å²) >= 11 is 0. The highest BCUT2D eigenvalue weighted by Gasteiger charge is 2.21. The number of hydrogen-bond acceptors (Lipinski definition) is 2. The molecule has 2 N–H and O–H groups in total. The van der Waals surface area contributed by atoms with Crippen molar-refractivity contribution < 1.29 is 61.3 Å². The first kappa shape index (κ1) is 29.6. The lowest BCUT2D eigenvalue weighted by atomic mass is 10.2. The normalized spacial score (nSPS) is 11.6. The lowest BCUT2D eigenvalue weighted by Crippen LogP contribution is -2.27. The summed E-state index contributed by atoms with van der Waals surface area (Å²) in [6.07, 6.45) is -0.725. The summed E-state index contributed by atoms with van der Waals surface area (Å²) in [6.45, 7) is 5.28. The molecule has 18 heteroatoms. The third kappa shape index (κ3) is 545. The minimum atomic E-state index is -6.00. The molecule has 0 saturated carbocycles. The zero-order chi connectivity index (χ0) is 20.3. The molecule has 0 aliphatic rings. The summed E-state index contributed by atoms with van der Waals surface area (Å²) in [4.78, 5) is 10.0. The minimum Gasteiger partial charge on any atom is -0.444 e. The van der Waals surface area contributed by atoms with E-state index >= 15 is 0 Å². The number of halogens is 12. The van der Waals surface area contributed by atoms with Gasteiger partial charge in [0, 0.05) is 0 Å². The van der Waals surface area contributed by atoms with E-state index in [-0.39, 0.29) is 0 Å². The summed E-state index contributed by atoms with van der Waals surface area (Å²) in [7, 11) is -18.0. The number of amides is 1. The van der Waals surface area contributed by atoms with Crippen LogP contribution in [0.25, 0.3) is 0 Å². The van der Waals surface area contributed by atoms with E-state index in [1.165, 1.54) is 0 Å². The molecule has 0 aromatic rings. The zero-order valence-corrected chi connectivity index (χ0v) is 11.7. The molecule has 0 bridgehead atoms. The van der Waals surface area contributed by atoms with E-state index in [9.17, 15) is 56.6 Å². The van der Waals surface area contributed by atoms with Gasteiger partial charge in [-0.1, -0.05) is 0 Å². The maximum absolute atomic E-state index is 10.0. The Kier molecular flexibility index (Phi) is 14.4. The Labute approximate surface area is 122 Å². The smallest absolute Gasteiger partial charge is 0.444 e. The molecule has 0 heterocycles. The van der Waals surface area contributed by atoms with Crippen LogP contribution in [0.5, 0.6) is 0 Å². The molecule has 1 amide bonds. The molecule has 23 heavy (non-hydrogen) atoms. The minimum absolute atomic E-state index is 0.453. The molecule has 3 nitrogen and oxygen atoms in total. The van der Waals surface area contributed by atoms with Gasteiger partial charge in [0.1, 0.15) is 5.60 Å². The van der Waals surface area contributed by atoms with Gasteiger partial charge in [-0.25, -0.2) is 4.79 Å². The number of ether oxygens (including phenoxy) is 1. The number of primary amides is 1. The standard InChI is InChI=1S/C5H11NO2.3BF4/c1-5(2,3)8-4(6)7;3*2-1(3,4)5/h1-3H3,(H2,6,7);;;/q;3*-1. The third-order valence-electron chi connectivity index (χ3n) is 0.407. The van der Waals surface area contributed by atoms with Gasteiger partial charge in [-0.15, -0.1) is 0 Å². The highest BCUT2D eigenvalue weighted by molar-refractivity contribution is 6.50. The summed E-state index contributed by atoms with van der Waals surface area (Å²) in [5.74, 6) is 0. The molecule has 0 aliphatic carbocycles. The highest BCUT2D eigenvalue weighted by atomic mass is 19.5. The van der Waals surface area contributed by atoms with E-state index in [4.69, 9.17) is 5.73 Å². The first-order valence-electron chi connectivity index (χ1n) is 5.02. The second-order valence-electron chi connectivity index (χ2n) is 4.02. The SMILES string of the molecule is CC(C)(C)OC(N)=O.F[B-](F)(F)F.F[B-](F)(F)F.F[B-](F)(F)F. The quantitative estimate of drug-likeness (QED) is 0.488. The van der Waals surface area contributed by atoms with Crippen LogP contribution in [-0.2, 0) is 4.74 Å². The molecule has 0 fully saturated rings. The molecule has 0 rings (SSSR count). The van der Waals surface area contributed by atoms with Gasteiger partial charge in [-0.05, 0) is 20.8 Å². The molecule has 0 saturated heterocycles. The maximum Gasteiger partial charge on any atom is 0.673 e. The average molecular weight is 378 g/mol. The van der Waals surface area contributed by atoms with Crippen molar-refractivity contribution in [2.45, 2.75) is 26.4 Å². The molecule has 0 aromatic carbocycles.